The molecule has 0 N–H and O–H groups in total. The lowest BCUT2D eigenvalue weighted by Crippen LogP contribution is -2.43. The smallest absolute Gasteiger partial charge is 0.334 e. The molecule has 7 nitrogen and oxygen atoms in total. The Morgan fingerprint density at radius 1 is 1.09 bits per heavy atom. The number of hydrogen-bond acceptors (Lipinski definition) is 4. The standard InChI is InChI=1S/C15H17N3O4/c1-3-17(9-11-7-5-4-6-8-11)12(19)10-18-14(21)13(20)16(2)15(18)22/h4-8H,3,9-10H2,1-2H3. The van der Waals surface area contributed by atoms with Gasteiger partial charge in [-0.15, -0.1) is 0 Å². The van der Waals surface area contributed by atoms with Crippen LogP contribution in [-0.2, 0) is 20.9 Å². The fraction of sp³-hybridized carbons (Fsp3) is 0.333. The van der Waals surface area contributed by atoms with E-state index in [9.17, 15) is 19.2 Å². The lowest BCUT2D eigenvalue weighted by atomic mass is 10.2. The molecule has 0 saturated carbocycles. The summed E-state index contributed by atoms with van der Waals surface area (Å²) < 4.78 is 0. The van der Waals surface area contributed by atoms with Crippen molar-refractivity contribution in [3.8, 4) is 0 Å². The maximum atomic E-state index is 12.3. The predicted molar refractivity (Wildman–Crippen MR) is 77.4 cm³/mol. The molecule has 1 heterocycles. The van der Waals surface area contributed by atoms with Gasteiger partial charge in [0.15, 0.2) is 0 Å². The summed E-state index contributed by atoms with van der Waals surface area (Å²) in [4.78, 5) is 50.1. The second-order valence-corrected chi connectivity index (χ2v) is 4.93. The molecule has 0 atom stereocenters. The number of urea groups is 1. The fourth-order valence-electron chi connectivity index (χ4n) is 2.17. The van der Waals surface area contributed by atoms with Crippen molar-refractivity contribution < 1.29 is 19.2 Å². The van der Waals surface area contributed by atoms with E-state index < -0.39 is 24.4 Å². The first-order chi connectivity index (χ1) is 10.5. The number of hydrogen-bond donors (Lipinski definition) is 0. The summed E-state index contributed by atoms with van der Waals surface area (Å²) in [7, 11) is 1.22. The zero-order chi connectivity index (χ0) is 16.3. The highest BCUT2D eigenvalue weighted by Crippen LogP contribution is 2.11. The first-order valence-electron chi connectivity index (χ1n) is 6.91. The molecule has 0 unspecified atom stereocenters. The molecule has 1 aromatic rings. The molecule has 0 radical (unpaired) electrons. The van der Waals surface area contributed by atoms with Crippen LogP contribution < -0.4 is 0 Å². The normalized spacial score (nSPS) is 14.7. The van der Waals surface area contributed by atoms with Gasteiger partial charge in [0, 0.05) is 20.1 Å². The summed E-state index contributed by atoms with van der Waals surface area (Å²) >= 11 is 0. The first-order valence-corrected chi connectivity index (χ1v) is 6.91. The monoisotopic (exact) mass is 303 g/mol. The summed E-state index contributed by atoms with van der Waals surface area (Å²) in [6.45, 7) is 2.21. The maximum Gasteiger partial charge on any atom is 0.334 e. The van der Waals surface area contributed by atoms with Crippen molar-refractivity contribution in [2.45, 2.75) is 13.5 Å². The van der Waals surface area contributed by atoms with E-state index in [1.165, 1.54) is 11.9 Å². The molecule has 1 aliphatic heterocycles. The number of rotatable bonds is 5. The Labute approximate surface area is 128 Å². The Morgan fingerprint density at radius 2 is 1.73 bits per heavy atom. The topological polar surface area (TPSA) is 78.0 Å². The molecular formula is C15H17N3O4. The second-order valence-electron chi connectivity index (χ2n) is 4.93. The average molecular weight is 303 g/mol. The molecule has 22 heavy (non-hydrogen) atoms. The Bertz CT molecular complexity index is 614. The van der Waals surface area contributed by atoms with Crippen molar-refractivity contribution in [1.82, 2.24) is 14.7 Å². The van der Waals surface area contributed by atoms with Crippen molar-refractivity contribution in [2.75, 3.05) is 20.1 Å². The highest BCUT2D eigenvalue weighted by molar-refractivity contribution is 6.44. The van der Waals surface area contributed by atoms with Crippen LogP contribution in [0.1, 0.15) is 12.5 Å². The minimum atomic E-state index is -0.961. The third-order valence-electron chi connectivity index (χ3n) is 3.49. The molecule has 1 aliphatic rings. The molecule has 0 bridgehead atoms. The van der Waals surface area contributed by atoms with Gasteiger partial charge in [-0.25, -0.2) is 9.69 Å². The van der Waals surface area contributed by atoms with Crippen LogP contribution in [0.5, 0.6) is 0 Å². The SMILES string of the molecule is CCN(Cc1ccccc1)C(=O)CN1C(=O)C(=O)N(C)C1=O. The van der Waals surface area contributed by atoms with Gasteiger partial charge in [-0.05, 0) is 12.5 Å². The highest BCUT2D eigenvalue weighted by Gasteiger charge is 2.43. The van der Waals surface area contributed by atoms with Crippen LogP contribution in [0.25, 0.3) is 0 Å². The van der Waals surface area contributed by atoms with Gasteiger partial charge in [-0.3, -0.25) is 19.3 Å². The molecule has 7 heteroatoms. The lowest BCUT2D eigenvalue weighted by Gasteiger charge is -2.23. The minimum Gasteiger partial charge on any atom is -0.337 e. The Kier molecular flexibility index (Phi) is 4.55. The lowest BCUT2D eigenvalue weighted by molar-refractivity contribution is -0.144. The third kappa shape index (κ3) is 2.98. The van der Waals surface area contributed by atoms with Crippen LogP contribution in [0.4, 0.5) is 4.79 Å². The number of amides is 5. The van der Waals surface area contributed by atoms with Gasteiger partial charge in [0.25, 0.3) is 0 Å². The summed E-state index contributed by atoms with van der Waals surface area (Å²) in [6, 6.07) is 8.63. The van der Waals surface area contributed by atoms with Crippen LogP contribution >= 0.6 is 0 Å². The molecule has 0 aliphatic carbocycles. The van der Waals surface area contributed by atoms with E-state index in [1.807, 2.05) is 37.3 Å². The van der Waals surface area contributed by atoms with Gasteiger partial charge in [0.1, 0.15) is 6.54 Å². The number of likely N-dealkylation sites (N-methyl/N-ethyl adjacent to an activating group) is 2. The number of imide groups is 2. The molecule has 5 amide bonds. The van der Waals surface area contributed by atoms with Crippen LogP contribution in [0.3, 0.4) is 0 Å². The molecule has 1 saturated heterocycles. The zero-order valence-corrected chi connectivity index (χ0v) is 12.5. The number of carbonyl (C=O) groups is 4. The maximum absolute atomic E-state index is 12.3. The molecule has 0 aromatic heterocycles. The van der Waals surface area contributed by atoms with Gasteiger partial charge in [-0.1, -0.05) is 30.3 Å². The molecule has 0 spiro atoms. The summed E-state index contributed by atoms with van der Waals surface area (Å²) in [5.41, 5.74) is 0.949. The van der Waals surface area contributed by atoms with Crippen LogP contribution in [0.2, 0.25) is 0 Å². The van der Waals surface area contributed by atoms with Crippen molar-refractivity contribution in [1.29, 1.82) is 0 Å². The Balaban J connectivity index is 2.05. The van der Waals surface area contributed by atoms with Gasteiger partial charge in [0.2, 0.25) is 5.91 Å². The highest BCUT2D eigenvalue weighted by atomic mass is 16.2. The van der Waals surface area contributed by atoms with Crippen LogP contribution in [0.15, 0.2) is 30.3 Å². The van der Waals surface area contributed by atoms with E-state index in [1.54, 1.807) is 0 Å². The van der Waals surface area contributed by atoms with Crippen LogP contribution in [-0.4, -0.2) is 58.6 Å². The van der Waals surface area contributed by atoms with Crippen molar-refractivity contribution in [2.24, 2.45) is 0 Å². The van der Waals surface area contributed by atoms with Gasteiger partial charge < -0.3 is 4.90 Å². The van der Waals surface area contributed by atoms with E-state index in [0.717, 1.165) is 5.56 Å². The van der Waals surface area contributed by atoms with E-state index >= 15 is 0 Å². The number of carbonyl (C=O) groups excluding carboxylic acids is 4. The summed E-state index contributed by atoms with van der Waals surface area (Å²) in [5.74, 6) is -2.25. The second kappa shape index (κ2) is 6.38. The van der Waals surface area contributed by atoms with E-state index in [2.05, 4.69) is 0 Å². The van der Waals surface area contributed by atoms with Crippen molar-refractivity contribution in [3.63, 3.8) is 0 Å². The van der Waals surface area contributed by atoms with Crippen molar-refractivity contribution in [3.05, 3.63) is 35.9 Å². The molecule has 1 fully saturated rings. The van der Waals surface area contributed by atoms with E-state index in [0.29, 0.717) is 22.9 Å². The Hall–Kier alpha value is -2.70. The number of nitrogens with zero attached hydrogens (tertiary/aromatic N) is 3. The quantitative estimate of drug-likeness (QED) is 0.584. The predicted octanol–water partition coefficient (Wildman–Crippen LogP) is 0.456. The zero-order valence-electron chi connectivity index (χ0n) is 12.5. The molecular weight excluding hydrogens is 286 g/mol. The van der Waals surface area contributed by atoms with Gasteiger partial charge in [-0.2, -0.15) is 0 Å². The fourth-order valence-corrected chi connectivity index (χ4v) is 2.17. The third-order valence-corrected chi connectivity index (χ3v) is 3.49. The van der Waals surface area contributed by atoms with Crippen LogP contribution in [0, 0.1) is 0 Å². The minimum absolute atomic E-state index is 0.379. The van der Waals surface area contributed by atoms with Gasteiger partial charge in [0.05, 0.1) is 0 Å². The first kappa shape index (κ1) is 15.7. The number of benzene rings is 1. The largest absolute Gasteiger partial charge is 0.337 e. The molecule has 2 rings (SSSR count). The van der Waals surface area contributed by atoms with Gasteiger partial charge >= 0.3 is 17.8 Å². The Morgan fingerprint density at radius 3 is 2.23 bits per heavy atom. The van der Waals surface area contributed by atoms with E-state index in [-0.39, 0.29) is 5.91 Å². The summed E-state index contributed by atoms with van der Waals surface area (Å²) in [5, 5.41) is 0. The molecule has 116 valence electrons. The molecule has 1 aromatic carbocycles. The van der Waals surface area contributed by atoms with E-state index in [4.69, 9.17) is 0 Å². The average Bonchev–Trinajstić information content (AvgIpc) is 2.71. The summed E-state index contributed by atoms with van der Waals surface area (Å²) in [6.07, 6.45) is 0. The van der Waals surface area contributed by atoms with Crippen molar-refractivity contribution >= 4 is 23.8 Å².